The Morgan fingerprint density at radius 3 is 2.90 bits per heavy atom. The number of likely N-dealkylation sites (tertiary alicyclic amines) is 1. The Bertz CT molecular complexity index is 521. The van der Waals surface area contributed by atoms with E-state index in [2.05, 4.69) is 19.9 Å². The summed E-state index contributed by atoms with van der Waals surface area (Å²) >= 11 is 0. The number of para-hydroxylation sites is 1. The Kier molecular flexibility index (Phi) is 4.62. The zero-order chi connectivity index (χ0) is 14.5. The molecule has 0 radical (unpaired) electrons. The van der Waals surface area contributed by atoms with Gasteiger partial charge in [-0.3, -0.25) is 4.79 Å². The van der Waals surface area contributed by atoms with Crippen LogP contribution in [0.1, 0.15) is 32.3 Å². The minimum atomic E-state index is -0.00421. The van der Waals surface area contributed by atoms with Crippen molar-refractivity contribution in [2.24, 2.45) is 5.92 Å². The highest BCUT2D eigenvalue weighted by molar-refractivity contribution is 5.78. The van der Waals surface area contributed by atoms with Gasteiger partial charge >= 0.3 is 0 Å². The molecule has 1 amide bonds. The molecule has 0 aliphatic carbocycles. The van der Waals surface area contributed by atoms with Gasteiger partial charge in [-0.15, -0.1) is 0 Å². The lowest BCUT2D eigenvalue weighted by Crippen LogP contribution is -2.46. The third-order valence-electron chi connectivity index (χ3n) is 3.80. The van der Waals surface area contributed by atoms with E-state index >= 15 is 0 Å². The molecule has 0 aromatic heterocycles. The number of nitriles is 1. The molecule has 106 valence electrons. The van der Waals surface area contributed by atoms with Crippen LogP contribution in [-0.4, -0.2) is 30.0 Å². The third-order valence-corrected chi connectivity index (χ3v) is 3.80. The molecule has 0 spiro atoms. The number of benzene rings is 1. The van der Waals surface area contributed by atoms with Crippen molar-refractivity contribution in [3.8, 4) is 11.8 Å². The minimum Gasteiger partial charge on any atom is -0.482 e. The summed E-state index contributed by atoms with van der Waals surface area (Å²) in [4.78, 5) is 14.1. The molecule has 1 aromatic carbocycles. The fourth-order valence-corrected chi connectivity index (χ4v) is 2.54. The quantitative estimate of drug-likeness (QED) is 0.849. The van der Waals surface area contributed by atoms with Gasteiger partial charge in [0.05, 0.1) is 5.56 Å². The van der Waals surface area contributed by atoms with E-state index in [0.717, 1.165) is 13.0 Å². The first kappa shape index (κ1) is 14.4. The van der Waals surface area contributed by atoms with Gasteiger partial charge < -0.3 is 9.64 Å². The average Bonchev–Trinajstić information content (AvgIpc) is 2.47. The van der Waals surface area contributed by atoms with E-state index in [1.165, 1.54) is 6.42 Å². The SMILES string of the molecule is CC1CCC(C)N(C(=O)COc2ccccc2C#N)C1. The normalized spacial score (nSPS) is 22.1. The second kappa shape index (κ2) is 6.42. The van der Waals surface area contributed by atoms with E-state index in [9.17, 15) is 4.79 Å². The lowest BCUT2D eigenvalue weighted by Gasteiger charge is -2.36. The first-order valence-corrected chi connectivity index (χ1v) is 7.03. The molecule has 1 aliphatic heterocycles. The number of rotatable bonds is 3. The fourth-order valence-electron chi connectivity index (χ4n) is 2.54. The number of carbonyl (C=O) groups is 1. The molecule has 1 heterocycles. The van der Waals surface area contributed by atoms with Crippen molar-refractivity contribution in [1.29, 1.82) is 5.26 Å². The van der Waals surface area contributed by atoms with Crippen LogP contribution in [0, 0.1) is 17.2 Å². The maximum absolute atomic E-state index is 12.2. The van der Waals surface area contributed by atoms with Gasteiger partial charge in [-0.1, -0.05) is 19.1 Å². The van der Waals surface area contributed by atoms with Gasteiger partial charge in [0.25, 0.3) is 5.91 Å². The topological polar surface area (TPSA) is 53.3 Å². The number of carbonyl (C=O) groups excluding carboxylic acids is 1. The summed E-state index contributed by atoms with van der Waals surface area (Å²) in [7, 11) is 0. The molecule has 4 heteroatoms. The summed E-state index contributed by atoms with van der Waals surface area (Å²) in [6.45, 7) is 5.03. The van der Waals surface area contributed by atoms with Crippen molar-refractivity contribution < 1.29 is 9.53 Å². The van der Waals surface area contributed by atoms with Crippen LogP contribution in [0.2, 0.25) is 0 Å². The number of amides is 1. The van der Waals surface area contributed by atoms with E-state index in [0.29, 0.717) is 17.2 Å². The Labute approximate surface area is 120 Å². The molecular formula is C16H20N2O2. The summed E-state index contributed by atoms with van der Waals surface area (Å²) in [5, 5.41) is 8.98. The Hall–Kier alpha value is -2.02. The van der Waals surface area contributed by atoms with Crippen molar-refractivity contribution in [3.05, 3.63) is 29.8 Å². The lowest BCUT2D eigenvalue weighted by molar-refractivity contribution is -0.137. The van der Waals surface area contributed by atoms with Gasteiger partial charge in [0.2, 0.25) is 0 Å². The maximum atomic E-state index is 12.2. The highest BCUT2D eigenvalue weighted by Gasteiger charge is 2.27. The van der Waals surface area contributed by atoms with Gasteiger partial charge in [0.15, 0.2) is 6.61 Å². The molecule has 2 unspecified atom stereocenters. The summed E-state index contributed by atoms with van der Waals surface area (Å²) < 4.78 is 5.51. The van der Waals surface area contributed by atoms with Crippen LogP contribution in [0.15, 0.2) is 24.3 Å². The molecule has 2 rings (SSSR count). The predicted molar refractivity (Wildman–Crippen MR) is 76.2 cm³/mol. The van der Waals surface area contributed by atoms with Gasteiger partial charge in [-0.2, -0.15) is 5.26 Å². The molecule has 1 fully saturated rings. The van der Waals surface area contributed by atoms with Crippen LogP contribution in [0.3, 0.4) is 0 Å². The summed E-state index contributed by atoms with van der Waals surface area (Å²) in [5.74, 6) is 1.01. The molecule has 4 nitrogen and oxygen atoms in total. The molecule has 0 N–H and O–H groups in total. The first-order valence-electron chi connectivity index (χ1n) is 7.03. The molecule has 1 aromatic rings. The van der Waals surface area contributed by atoms with E-state index in [-0.39, 0.29) is 18.6 Å². The zero-order valence-corrected chi connectivity index (χ0v) is 12.0. The number of hydrogen-bond donors (Lipinski definition) is 0. The second-order valence-electron chi connectivity index (χ2n) is 5.47. The molecule has 1 aliphatic rings. The van der Waals surface area contributed by atoms with Crippen molar-refractivity contribution in [2.45, 2.75) is 32.7 Å². The monoisotopic (exact) mass is 272 g/mol. The van der Waals surface area contributed by atoms with E-state index in [1.807, 2.05) is 4.90 Å². The van der Waals surface area contributed by atoms with Crippen LogP contribution in [0.5, 0.6) is 5.75 Å². The molecular weight excluding hydrogens is 252 g/mol. The highest BCUT2D eigenvalue weighted by Crippen LogP contribution is 2.22. The molecule has 0 bridgehead atoms. The number of nitrogens with zero attached hydrogens (tertiary/aromatic N) is 2. The molecule has 20 heavy (non-hydrogen) atoms. The lowest BCUT2D eigenvalue weighted by atomic mass is 9.95. The molecule has 0 saturated carbocycles. The summed E-state index contributed by atoms with van der Waals surface area (Å²) in [6.07, 6.45) is 2.21. The van der Waals surface area contributed by atoms with Crippen molar-refractivity contribution in [3.63, 3.8) is 0 Å². The van der Waals surface area contributed by atoms with E-state index < -0.39 is 0 Å². The fraction of sp³-hybridized carbons (Fsp3) is 0.500. The van der Waals surface area contributed by atoms with Gasteiger partial charge in [0, 0.05) is 12.6 Å². The average molecular weight is 272 g/mol. The zero-order valence-electron chi connectivity index (χ0n) is 12.0. The standard InChI is InChI=1S/C16H20N2O2/c1-12-7-8-13(2)18(10-12)16(19)11-20-15-6-4-3-5-14(15)9-17/h3-6,12-13H,7-8,10-11H2,1-2H3. The van der Waals surface area contributed by atoms with Gasteiger partial charge in [0.1, 0.15) is 11.8 Å². The van der Waals surface area contributed by atoms with Crippen LogP contribution < -0.4 is 4.74 Å². The van der Waals surface area contributed by atoms with Crippen molar-refractivity contribution in [2.75, 3.05) is 13.2 Å². The largest absolute Gasteiger partial charge is 0.482 e. The van der Waals surface area contributed by atoms with Crippen LogP contribution >= 0.6 is 0 Å². The van der Waals surface area contributed by atoms with E-state index in [1.54, 1.807) is 24.3 Å². The summed E-state index contributed by atoms with van der Waals surface area (Å²) in [6, 6.07) is 9.32. The van der Waals surface area contributed by atoms with Crippen LogP contribution in [-0.2, 0) is 4.79 Å². The van der Waals surface area contributed by atoms with E-state index in [4.69, 9.17) is 10.00 Å². The Morgan fingerprint density at radius 1 is 1.40 bits per heavy atom. The second-order valence-corrected chi connectivity index (χ2v) is 5.47. The first-order chi connectivity index (χ1) is 9.61. The predicted octanol–water partition coefficient (Wildman–Crippen LogP) is 2.58. The van der Waals surface area contributed by atoms with Crippen LogP contribution in [0.25, 0.3) is 0 Å². The van der Waals surface area contributed by atoms with Crippen LogP contribution in [0.4, 0.5) is 0 Å². The van der Waals surface area contributed by atoms with Crippen molar-refractivity contribution >= 4 is 5.91 Å². The number of hydrogen-bond acceptors (Lipinski definition) is 3. The van der Waals surface area contributed by atoms with Crippen molar-refractivity contribution in [1.82, 2.24) is 4.90 Å². The molecule has 1 saturated heterocycles. The molecule has 2 atom stereocenters. The summed E-state index contributed by atoms with van der Waals surface area (Å²) in [5.41, 5.74) is 0.459. The third kappa shape index (κ3) is 3.30. The number of piperidine rings is 1. The number of ether oxygens (including phenoxy) is 1. The maximum Gasteiger partial charge on any atom is 0.260 e. The Balaban J connectivity index is 1.96. The van der Waals surface area contributed by atoms with Gasteiger partial charge in [-0.25, -0.2) is 0 Å². The van der Waals surface area contributed by atoms with Gasteiger partial charge in [-0.05, 0) is 37.8 Å². The smallest absolute Gasteiger partial charge is 0.260 e. The highest BCUT2D eigenvalue weighted by atomic mass is 16.5. The minimum absolute atomic E-state index is 0.00297. The Morgan fingerprint density at radius 2 is 2.15 bits per heavy atom.